The first-order valence-corrected chi connectivity index (χ1v) is 8.51. The minimum absolute atomic E-state index is 0.101. The van der Waals surface area contributed by atoms with Crippen molar-refractivity contribution in [3.63, 3.8) is 0 Å². The quantitative estimate of drug-likeness (QED) is 0.714. The lowest BCUT2D eigenvalue weighted by Crippen LogP contribution is -2.19. The summed E-state index contributed by atoms with van der Waals surface area (Å²) in [6.07, 6.45) is 7.30. The van der Waals surface area contributed by atoms with E-state index in [-0.39, 0.29) is 5.56 Å². The van der Waals surface area contributed by atoms with E-state index < -0.39 is 11.7 Å². The third-order valence-electron chi connectivity index (χ3n) is 3.84. The zero-order chi connectivity index (χ0) is 15.9. The molecule has 1 saturated carbocycles. The van der Waals surface area contributed by atoms with E-state index in [0.717, 1.165) is 19.3 Å². The summed E-state index contributed by atoms with van der Waals surface area (Å²) in [5.41, 5.74) is 5.55. The van der Waals surface area contributed by atoms with E-state index >= 15 is 0 Å². The lowest BCUT2D eigenvalue weighted by Gasteiger charge is -2.22. The van der Waals surface area contributed by atoms with Crippen molar-refractivity contribution in [2.75, 3.05) is 18.5 Å². The van der Waals surface area contributed by atoms with Crippen LogP contribution in [0.3, 0.4) is 0 Å². The summed E-state index contributed by atoms with van der Waals surface area (Å²) >= 11 is 3.21. The van der Waals surface area contributed by atoms with Gasteiger partial charge in [0.2, 0.25) is 0 Å². The van der Waals surface area contributed by atoms with Gasteiger partial charge in [0, 0.05) is 17.6 Å². The summed E-state index contributed by atoms with van der Waals surface area (Å²) in [4.78, 5) is 11.4. The highest BCUT2D eigenvalue weighted by molar-refractivity contribution is 9.10. The smallest absolute Gasteiger partial charge is 0.253 e. The Morgan fingerprint density at radius 2 is 2.09 bits per heavy atom. The number of benzene rings is 1. The first kappa shape index (κ1) is 17.2. The Bertz CT molecular complexity index is 519. The number of halogens is 2. The molecule has 1 fully saturated rings. The van der Waals surface area contributed by atoms with Gasteiger partial charge in [-0.2, -0.15) is 0 Å². The Kier molecular flexibility index (Phi) is 6.64. The second-order valence-electron chi connectivity index (χ2n) is 5.59. The monoisotopic (exact) mass is 372 g/mol. The van der Waals surface area contributed by atoms with E-state index in [1.807, 2.05) is 0 Å². The molecule has 0 radical (unpaired) electrons. The first-order chi connectivity index (χ1) is 10.6. The number of ether oxygens (including phenoxy) is 1. The number of hydrogen-bond donors (Lipinski definition) is 2. The Labute approximate surface area is 138 Å². The molecule has 0 unspecified atom stereocenters. The van der Waals surface area contributed by atoms with Crippen LogP contribution in [0.5, 0.6) is 0 Å². The number of anilines is 1. The Morgan fingerprint density at radius 3 is 2.77 bits per heavy atom. The summed E-state index contributed by atoms with van der Waals surface area (Å²) < 4.78 is 20.2. The van der Waals surface area contributed by atoms with Gasteiger partial charge in [-0.05, 0) is 31.4 Å². The van der Waals surface area contributed by atoms with Gasteiger partial charge in [-0.25, -0.2) is 4.39 Å². The van der Waals surface area contributed by atoms with Gasteiger partial charge in [0.25, 0.3) is 5.91 Å². The average Bonchev–Trinajstić information content (AvgIpc) is 2.46. The molecule has 1 aliphatic carbocycles. The van der Waals surface area contributed by atoms with Crippen molar-refractivity contribution in [2.45, 2.75) is 44.6 Å². The molecular weight excluding hydrogens is 351 g/mol. The largest absolute Gasteiger partial charge is 0.384 e. The third-order valence-corrected chi connectivity index (χ3v) is 4.30. The van der Waals surface area contributed by atoms with Gasteiger partial charge in [0.15, 0.2) is 0 Å². The average molecular weight is 373 g/mol. The van der Waals surface area contributed by atoms with Gasteiger partial charge in [0.05, 0.1) is 17.4 Å². The third kappa shape index (κ3) is 4.95. The van der Waals surface area contributed by atoms with E-state index in [1.54, 1.807) is 6.07 Å². The SMILES string of the molecule is NC(=O)c1c(F)cc(Br)cc1NCCCOC1CCCCC1. The van der Waals surface area contributed by atoms with Gasteiger partial charge in [-0.15, -0.1) is 0 Å². The first-order valence-electron chi connectivity index (χ1n) is 7.72. The maximum absolute atomic E-state index is 13.8. The number of carbonyl (C=O) groups is 1. The molecule has 0 atom stereocenters. The summed E-state index contributed by atoms with van der Waals surface area (Å²) in [7, 11) is 0. The van der Waals surface area contributed by atoms with Crippen LogP contribution in [0, 0.1) is 5.82 Å². The van der Waals surface area contributed by atoms with E-state index in [0.29, 0.717) is 29.4 Å². The molecule has 0 aliphatic heterocycles. The van der Waals surface area contributed by atoms with Gasteiger partial charge >= 0.3 is 0 Å². The molecule has 22 heavy (non-hydrogen) atoms. The summed E-state index contributed by atoms with van der Waals surface area (Å²) in [5.74, 6) is -1.39. The zero-order valence-electron chi connectivity index (χ0n) is 12.5. The molecule has 0 spiro atoms. The molecular formula is C16H22BrFN2O2. The molecule has 1 aromatic rings. The molecule has 0 heterocycles. The van der Waals surface area contributed by atoms with Gasteiger partial charge in [0.1, 0.15) is 5.82 Å². The molecule has 1 amide bonds. The van der Waals surface area contributed by atoms with E-state index in [2.05, 4.69) is 21.2 Å². The normalized spacial score (nSPS) is 15.7. The van der Waals surface area contributed by atoms with Gasteiger partial charge in [-0.3, -0.25) is 4.79 Å². The van der Waals surface area contributed by atoms with Crippen molar-refractivity contribution in [3.05, 3.63) is 28.0 Å². The molecule has 0 aromatic heterocycles. The Balaban J connectivity index is 1.80. The second kappa shape index (κ2) is 8.48. The number of rotatable bonds is 7. The minimum Gasteiger partial charge on any atom is -0.384 e. The molecule has 0 bridgehead atoms. The number of hydrogen-bond acceptors (Lipinski definition) is 3. The molecule has 0 saturated heterocycles. The molecule has 1 aromatic carbocycles. The molecule has 3 N–H and O–H groups in total. The summed E-state index contributed by atoms with van der Waals surface area (Å²) in [6, 6.07) is 2.89. The van der Waals surface area contributed by atoms with Crippen LogP contribution in [0.2, 0.25) is 0 Å². The van der Waals surface area contributed by atoms with Crippen LogP contribution in [0.15, 0.2) is 16.6 Å². The van der Waals surface area contributed by atoms with Crippen LogP contribution in [-0.2, 0) is 4.74 Å². The van der Waals surface area contributed by atoms with Crippen LogP contribution in [0.25, 0.3) is 0 Å². The number of nitrogens with two attached hydrogens (primary N) is 1. The standard InChI is InChI=1S/C16H22BrFN2O2/c17-11-9-13(18)15(16(19)21)14(10-11)20-7-4-8-22-12-5-2-1-3-6-12/h9-10,12,20H,1-8H2,(H2,19,21). The van der Waals surface area contributed by atoms with Crippen molar-refractivity contribution in [1.82, 2.24) is 0 Å². The van der Waals surface area contributed by atoms with Crippen molar-refractivity contribution in [3.8, 4) is 0 Å². The lowest BCUT2D eigenvalue weighted by atomic mass is 9.98. The lowest BCUT2D eigenvalue weighted by molar-refractivity contribution is 0.0284. The maximum Gasteiger partial charge on any atom is 0.253 e. The molecule has 4 nitrogen and oxygen atoms in total. The molecule has 122 valence electrons. The van der Waals surface area contributed by atoms with Gasteiger partial charge in [-0.1, -0.05) is 35.2 Å². The van der Waals surface area contributed by atoms with Crippen LogP contribution in [0.4, 0.5) is 10.1 Å². The maximum atomic E-state index is 13.8. The Morgan fingerprint density at radius 1 is 1.36 bits per heavy atom. The highest BCUT2D eigenvalue weighted by Gasteiger charge is 2.16. The number of primary amides is 1. The van der Waals surface area contributed by atoms with Crippen LogP contribution in [-0.4, -0.2) is 25.2 Å². The summed E-state index contributed by atoms with van der Waals surface area (Å²) in [6.45, 7) is 1.27. The van der Waals surface area contributed by atoms with Crippen LogP contribution >= 0.6 is 15.9 Å². The number of amides is 1. The Hall–Kier alpha value is -1.14. The van der Waals surface area contributed by atoms with Crippen molar-refractivity contribution in [1.29, 1.82) is 0 Å². The fourth-order valence-electron chi connectivity index (χ4n) is 2.74. The summed E-state index contributed by atoms with van der Waals surface area (Å²) in [5, 5.41) is 3.06. The van der Waals surface area contributed by atoms with Crippen LogP contribution in [0.1, 0.15) is 48.9 Å². The fraction of sp³-hybridized carbons (Fsp3) is 0.562. The molecule has 6 heteroatoms. The molecule has 1 aliphatic rings. The highest BCUT2D eigenvalue weighted by Crippen LogP contribution is 2.25. The fourth-order valence-corrected chi connectivity index (χ4v) is 3.17. The van der Waals surface area contributed by atoms with E-state index in [4.69, 9.17) is 10.5 Å². The highest BCUT2D eigenvalue weighted by atomic mass is 79.9. The predicted molar refractivity (Wildman–Crippen MR) is 88.5 cm³/mol. The topological polar surface area (TPSA) is 64.4 Å². The van der Waals surface area contributed by atoms with E-state index in [1.165, 1.54) is 25.3 Å². The van der Waals surface area contributed by atoms with Crippen LogP contribution < -0.4 is 11.1 Å². The van der Waals surface area contributed by atoms with Gasteiger partial charge < -0.3 is 15.8 Å². The number of nitrogens with one attached hydrogen (secondary N) is 1. The predicted octanol–water partition coefficient (Wildman–Crippen LogP) is 3.84. The van der Waals surface area contributed by atoms with E-state index in [9.17, 15) is 9.18 Å². The second-order valence-corrected chi connectivity index (χ2v) is 6.50. The van der Waals surface area contributed by atoms with Crippen molar-refractivity contribution in [2.24, 2.45) is 5.73 Å². The van der Waals surface area contributed by atoms with Crippen molar-refractivity contribution < 1.29 is 13.9 Å². The van der Waals surface area contributed by atoms with Crippen molar-refractivity contribution >= 4 is 27.5 Å². The minimum atomic E-state index is -0.772. The number of carbonyl (C=O) groups excluding carboxylic acids is 1. The molecule has 2 rings (SSSR count). The zero-order valence-corrected chi connectivity index (χ0v) is 14.1.